The second-order valence-corrected chi connectivity index (χ2v) is 8.24. The molecular weight excluding hydrogens is 402 g/mol. The lowest BCUT2D eigenvalue weighted by atomic mass is 10.1. The summed E-state index contributed by atoms with van der Waals surface area (Å²) in [5.41, 5.74) is 5.57. The van der Waals surface area contributed by atoms with E-state index in [4.69, 9.17) is 4.98 Å². The fourth-order valence-electron chi connectivity index (χ4n) is 3.92. The number of fused-ring (bicyclic) bond motifs is 3. The summed E-state index contributed by atoms with van der Waals surface area (Å²) in [7, 11) is 0. The standard InChI is InChI=1S/C25H27N5O2/c1-15(2)26-25(32)20-10-6-7-11-21(20)28-23(31)14-13-18-16(3)27-24-19-9-5-8-12-22(19)29-30(24)17(18)4/h5-12,15H,13-14H2,1-4H3,(H,26,32)(H,28,31). The van der Waals surface area contributed by atoms with Crippen molar-refractivity contribution in [2.24, 2.45) is 0 Å². The molecule has 0 saturated carbocycles. The molecule has 2 N–H and O–H groups in total. The maximum absolute atomic E-state index is 12.7. The van der Waals surface area contributed by atoms with Gasteiger partial charge in [0.15, 0.2) is 5.65 Å². The van der Waals surface area contributed by atoms with Crippen molar-refractivity contribution < 1.29 is 9.59 Å². The van der Waals surface area contributed by atoms with Crippen LogP contribution in [0.4, 0.5) is 5.69 Å². The quantitative estimate of drug-likeness (QED) is 0.481. The Morgan fingerprint density at radius 2 is 1.75 bits per heavy atom. The molecule has 0 bridgehead atoms. The van der Waals surface area contributed by atoms with E-state index in [1.165, 1.54) is 0 Å². The Bertz CT molecular complexity index is 1320. The Balaban J connectivity index is 1.53. The molecular formula is C25H27N5O2. The van der Waals surface area contributed by atoms with Gasteiger partial charge in [-0.25, -0.2) is 9.50 Å². The highest BCUT2D eigenvalue weighted by molar-refractivity contribution is 6.03. The van der Waals surface area contributed by atoms with E-state index in [0.29, 0.717) is 17.7 Å². The Kier molecular flexibility index (Phi) is 5.90. The molecule has 0 aliphatic heterocycles. The van der Waals surface area contributed by atoms with Crippen molar-refractivity contribution in [1.82, 2.24) is 19.9 Å². The average Bonchev–Trinajstić information content (AvgIpc) is 3.12. The Hall–Kier alpha value is -3.74. The van der Waals surface area contributed by atoms with E-state index in [0.717, 1.165) is 33.5 Å². The minimum Gasteiger partial charge on any atom is -0.350 e. The molecule has 164 valence electrons. The Morgan fingerprint density at radius 3 is 2.53 bits per heavy atom. The Morgan fingerprint density at radius 1 is 1.03 bits per heavy atom. The summed E-state index contributed by atoms with van der Waals surface area (Å²) in [5, 5.41) is 11.4. The summed E-state index contributed by atoms with van der Waals surface area (Å²) in [6.07, 6.45) is 0.804. The second-order valence-electron chi connectivity index (χ2n) is 8.24. The first-order chi connectivity index (χ1) is 15.3. The molecule has 4 rings (SSSR count). The summed E-state index contributed by atoms with van der Waals surface area (Å²) in [6.45, 7) is 7.77. The summed E-state index contributed by atoms with van der Waals surface area (Å²) in [4.78, 5) is 29.9. The molecule has 2 aromatic heterocycles. The summed E-state index contributed by atoms with van der Waals surface area (Å²) < 4.78 is 1.86. The molecule has 0 aliphatic rings. The van der Waals surface area contributed by atoms with Gasteiger partial charge in [0.05, 0.1) is 16.8 Å². The normalized spacial score (nSPS) is 11.3. The van der Waals surface area contributed by atoms with Crippen LogP contribution < -0.4 is 10.6 Å². The molecule has 2 heterocycles. The van der Waals surface area contributed by atoms with E-state index >= 15 is 0 Å². The fourth-order valence-corrected chi connectivity index (χ4v) is 3.92. The van der Waals surface area contributed by atoms with Gasteiger partial charge in [-0.2, -0.15) is 5.10 Å². The number of nitrogens with one attached hydrogen (secondary N) is 2. The molecule has 0 radical (unpaired) electrons. The third-order valence-corrected chi connectivity index (χ3v) is 5.49. The van der Waals surface area contributed by atoms with Crippen molar-refractivity contribution in [2.75, 3.05) is 5.32 Å². The van der Waals surface area contributed by atoms with Gasteiger partial charge in [-0.15, -0.1) is 0 Å². The summed E-state index contributed by atoms with van der Waals surface area (Å²) in [5.74, 6) is -0.359. The predicted octanol–water partition coefficient (Wildman–Crippen LogP) is 4.21. The van der Waals surface area contributed by atoms with Crippen LogP contribution in [-0.4, -0.2) is 32.5 Å². The van der Waals surface area contributed by atoms with Gasteiger partial charge >= 0.3 is 0 Å². The number of para-hydroxylation sites is 1. The maximum atomic E-state index is 12.7. The fraction of sp³-hybridized carbons (Fsp3) is 0.280. The number of amides is 2. The first kappa shape index (κ1) is 21.5. The smallest absolute Gasteiger partial charge is 0.253 e. The van der Waals surface area contributed by atoms with Crippen LogP contribution in [0, 0.1) is 13.8 Å². The van der Waals surface area contributed by atoms with Crippen molar-refractivity contribution >= 4 is 34.1 Å². The number of carbonyl (C=O) groups excluding carboxylic acids is 2. The van der Waals surface area contributed by atoms with Crippen LogP contribution in [-0.2, 0) is 11.2 Å². The lowest BCUT2D eigenvalue weighted by Crippen LogP contribution is -2.31. The monoisotopic (exact) mass is 429 g/mol. The molecule has 0 aliphatic carbocycles. The SMILES string of the molecule is Cc1nc2c3ccccc3nn2c(C)c1CCC(=O)Nc1ccccc1C(=O)NC(C)C. The van der Waals surface area contributed by atoms with Crippen LogP contribution in [0.1, 0.15) is 47.6 Å². The lowest BCUT2D eigenvalue weighted by Gasteiger charge is -2.14. The van der Waals surface area contributed by atoms with Gasteiger partial charge < -0.3 is 10.6 Å². The third-order valence-electron chi connectivity index (χ3n) is 5.49. The van der Waals surface area contributed by atoms with Gasteiger partial charge in [0.2, 0.25) is 5.91 Å². The molecule has 7 heteroatoms. The number of nitrogens with zero attached hydrogens (tertiary/aromatic N) is 3. The van der Waals surface area contributed by atoms with Crippen LogP contribution in [0.25, 0.3) is 16.6 Å². The number of hydrogen-bond acceptors (Lipinski definition) is 4. The van der Waals surface area contributed by atoms with Crippen LogP contribution >= 0.6 is 0 Å². The summed E-state index contributed by atoms with van der Waals surface area (Å²) >= 11 is 0. The van der Waals surface area contributed by atoms with Gasteiger partial charge in [0.1, 0.15) is 0 Å². The van der Waals surface area contributed by atoms with E-state index in [1.807, 2.05) is 56.5 Å². The zero-order chi connectivity index (χ0) is 22.8. The molecule has 4 aromatic rings. The van der Waals surface area contributed by atoms with Crippen molar-refractivity contribution in [3.05, 3.63) is 71.0 Å². The number of benzene rings is 2. The largest absolute Gasteiger partial charge is 0.350 e. The van der Waals surface area contributed by atoms with E-state index in [1.54, 1.807) is 24.3 Å². The van der Waals surface area contributed by atoms with Gasteiger partial charge in [0, 0.05) is 29.2 Å². The van der Waals surface area contributed by atoms with Gasteiger partial charge in [-0.1, -0.05) is 24.3 Å². The first-order valence-electron chi connectivity index (χ1n) is 10.8. The van der Waals surface area contributed by atoms with Crippen molar-refractivity contribution in [3.63, 3.8) is 0 Å². The zero-order valence-electron chi connectivity index (χ0n) is 18.8. The topological polar surface area (TPSA) is 88.4 Å². The number of anilines is 1. The number of aryl methyl sites for hydroxylation is 2. The minimum atomic E-state index is -0.206. The first-order valence-corrected chi connectivity index (χ1v) is 10.8. The average molecular weight is 430 g/mol. The third kappa shape index (κ3) is 4.19. The van der Waals surface area contributed by atoms with E-state index < -0.39 is 0 Å². The molecule has 0 saturated heterocycles. The minimum absolute atomic E-state index is 0.0126. The number of hydrogen-bond donors (Lipinski definition) is 2. The van der Waals surface area contributed by atoms with Crippen LogP contribution in [0.5, 0.6) is 0 Å². The lowest BCUT2D eigenvalue weighted by molar-refractivity contribution is -0.116. The Labute approximate surface area is 186 Å². The summed E-state index contributed by atoms with van der Waals surface area (Å²) in [6, 6.07) is 15.0. The van der Waals surface area contributed by atoms with Gasteiger partial charge in [0.25, 0.3) is 5.91 Å². The molecule has 2 amide bonds. The van der Waals surface area contributed by atoms with Crippen LogP contribution in [0.3, 0.4) is 0 Å². The van der Waals surface area contributed by atoms with Crippen LogP contribution in [0.2, 0.25) is 0 Å². The number of rotatable bonds is 6. The highest BCUT2D eigenvalue weighted by Gasteiger charge is 2.17. The van der Waals surface area contributed by atoms with Gasteiger partial charge in [-0.05, 0) is 63.9 Å². The number of carbonyl (C=O) groups is 2. The molecule has 32 heavy (non-hydrogen) atoms. The molecule has 0 fully saturated rings. The highest BCUT2D eigenvalue weighted by Crippen LogP contribution is 2.23. The molecule has 0 spiro atoms. The zero-order valence-corrected chi connectivity index (χ0v) is 18.8. The van der Waals surface area contributed by atoms with Crippen molar-refractivity contribution in [3.8, 4) is 0 Å². The molecule has 0 atom stereocenters. The number of aromatic nitrogens is 3. The van der Waals surface area contributed by atoms with E-state index in [2.05, 4.69) is 15.7 Å². The van der Waals surface area contributed by atoms with Crippen LogP contribution in [0.15, 0.2) is 48.5 Å². The maximum Gasteiger partial charge on any atom is 0.253 e. The van der Waals surface area contributed by atoms with E-state index in [-0.39, 0.29) is 24.3 Å². The second kappa shape index (κ2) is 8.78. The molecule has 7 nitrogen and oxygen atoms in total. The highest BCUT2D eigenvalue weighted by atomic mass is 16.2. The van der Waals surface area contributed by atoms with Crippen molar-refractivity contribution in [2.45, 2.75) is 46.6 Å². The molecule has 2 aromatic carbocycles. The molecule has 0 unspecified atom stereocenters. The van der Waals surface area contributed by atoms with Gasteiger partial charge in [-0.3, -0.25) is 9.59 Å². The van der Waals surface area contributed by atoms with Crippen molar-refractivity contribution in [1.29, 1.82) is 0 Å². The van der Waals surface area contributed by atoms with E-state index in [9.17, 15) is 9.59 Å². The predicted molar refractivity (Wildman–Crippen MR) is 126 cm³/mol.